The molecule has 2 aromatic rings. The summed E-state index contributed by atoms with van der Waals surface area (Å²) in [5, 5.41) is 11.1. The summed E-state index contributed by atoms with van der Waals surface area (Å²) >= 11 is 0. The third-order valence-electron chi connectivity index (χ3n) is 2.61. The van der Waals surface area contributed by atoms with E-state index >= 15 is 0 Å². The lowest BCUT2D eigenvalue weighted by atomic mass is 10.1. The summed E-state index contributed by atoms with van der Waals surface area (Å²) in [5.41, 5.74) is 2.42. The van der Waals surface area contributed by atoms with Crippen molar-refractivity contribution >= 4 is 5.82 Å². The number of ether oxygens (including phenoxy) is 1. The predicted molar refractivity (Wildman–Crippen MR) is 71.1 cm³/mol. The molecule has 1 N–H and O–H groups in total. The van der Waals surface area contributed by atoms with E-state index in [9.17, 15) is 0 Å². The Balaban J connectivity index is 2.00. The second-order valence-electron chi connectivity index (χ2n) is 3.87. The fourth-order valence-electron chi connectivity index (χ4n) is 1.66. The minimum Gasteiger partial charge on any atom is -0.377 e. The van der Waals surface area contributed by atoms with Gasteiger partial charge in [-0.15, -0.1) is 5.10 Å². The molecule has 0 aliphatic rings. The van der Waals surface area contributed by atoms with Gasteiger partial charge < -0.3 is 10.1 Å². The molecule has 1 aromatic carbocycles. The number of nitrogens with one attached hydrogen (secondary N) is 1. The molecule has 0 saturated heterocycles. The maximum absolute atomic E-state index is 5.46. The zero-order chi connectivity index (χ0) is 12.6. The molecule has 0 radical (unpaired) electrons. The SMILES string of the molecule is CCOCc1ccccc1CNc1cccnn1. The van der Waals surface area contributed by atoms with E-state index in [1.165, 1.54) is 11.1 Å². The average molecular weight is 243 g/mol. The van der Waals surface area contributed by atoms with E-state index in [0.29, 0.717) is 6.61 Å². The van der Waals surface area contributed by atoms with Gasteiger partial charge in [-0.2, -0.15) is 5.10 Å². The van der Waals surface area contributed by atoms with Gasteiger partial charge in [0.05, 0.1) is 6.61 Å². The first kappa shape index (κ1) is 12.5. The number of rotatable bonds is 6. The minimum atomic E-state index is 0.648. The molecule has 1 aromatic heterocycles. The van der Waals surface area contributed by atoms with Gasteiger partial charge >= 0.3 is 0 Å². The van der Waals surface area contributed by atoms with Gasteiger partial charge in [-0.3, -0.25) is 0 Å². The summed E-state index contributed by atoms with van der Waals surface area (Å²) in [6.45, 7) is 4.10. The third-order valence-corrected chi connectivity index (χ3v) is 2.61. The second-order valence-corrected chi connectivity index (χ2v) is 3.87. The van der Waals surface area contributed by atoms with Crippen LogP contribution in [-0.2, 0) is 17.9 Å². The smallest absolute Gasteiger partial charge is 0.148 e. The first-order chi connectivity index (χ1) is 8.90. The van der Waals surface area contributed by atoms with Crippen molar-refractivity contribution < 1.29 is 4.74 Å². The van der Waals surface area contributed by atoms with Crippen molar-refractivity contribution in [2.45, 2.75) is 20.1 Å². The fraction of sp³-hybridized carbons (Fsp3) is 0.286. The van der Waals surface area contributed by atoms with Crippen LogP contribution in [0.4, 0.5) is 5.82 Å². The Morgan fingerprint density at radius 1 is 1.11 bits per heavy atom. The molecule has 0 atom stereocenters. The molecule has 0 spiro atoms. The molecule has 4 heteroatoms. The van der Waals surface area contributed by atoms with E-state index in [1.54, 1.807) is 6.20 Å². The first-order valence-corrected chi connectivity index (χ1v) is 6.06. The van der Waals surface area contributed by atoms with Crippen LogP contribution in [-0.4, -0.2) is 16.8 Å². The van der Waals surface area contributed by atoms with E-state index in [4.69, 9.17) is 4.74 Å². The van der Waals surface area contributed by atoms with Crippen molar-refractivity contribution in [3.63, 3.8) is 0 Å². The lowest BCUT2D eigenvalue weighted by Crippen LogP contribution is -2.05. The van der Waals surface area contributed by atoms with Crippen LogP contribution in [0.15, 0.2) is 42.6 Å². The van der Waals surface area contributed by atoms with Gasteiger partial charge in [0, 0.05) is 19.3 Å². The zero-order valence-corrected chi connectivity index (χ0v) is 10.5. The molecule has 0 aliphatic heterocycles. The minimum absolute atomic E-state index is 0.648. The van der Waals surface area contributed by atoms with Crippen LogP contribution < -0.4 is 5.32 Å². The maximum Gasteiger partial charge on any atom is 0.148 e. The van der Waals surface area contributed by atoms with Gasteiger partial charge in [0.25, 0.3) is 0 Å². The zero-order valence-electron chi connectivity index (χ0n) is 10.5. The van der Waals surface area contributed by atoms with Gasteiger partial charge in [-0.1, -0.05) is 24.3 Å². The van der Waals surface area contributed by atoms with Crippen LogP contribution in [0.3, 0.4) is 0 Å². The Hall–Kier alpha value is -1.94. The number of anilines is 1. The van der Waals surface area contributed by atoms with Crippen molar-refractivity contribution in [3.8, 4) is 0 Å². The summed E-state index contributed by atoms with van der Waals surface area (Å²) in [6.07, 6.45) is 1.66. The summed E-state index contributed by atoms with van der Waals surface area (Å²) in [5.74, 6) is 0.781. The Kier molecular flexibility index (Phi) is 4.67. The van der Waals surface area contributed by atoms with Crippen molar-refractivity contribution in [1.29, 1.82) is 0 Å². The van der Waals surface area contributed by atoms with Crippen molar-refractivity contribution in [3.05, 3.63) is 53.7 Å². The molecule has 1 heterocycles. The highest BCUT2D eigenvalue weighted by Gasteiger charge is 2.02. The van der Waals surface area contributed by atoms with Gasteiger partial charge in [0.15, 0.2) is 0 Å². The Bertz CT molecular complexity index is 473. The second kappa shape index (κ2) is 6.71. The quantitative estimate of drug-likeness (QED) is 0.847. The molecule has 4 nitrogen and oxygen atoms in total. The van der Waals surface area contributed by atoms with E-state index in [2.05, 4.69) is 27.6 Å². The number of benzene rings is 1. The van der Waals surface area contributed by atoms with Gasteiger partial charge in [-0.05, 0) is 30.2 Å². The van der Waals surface area contributed by atoms with Crippen molar-refractivity contribution in [2.75, 3.05) is 11.9 Å². The molecule has 0 fully saturated rings. The highest BCUT2D eigenvalue weighted by molar-refractivity contribution is 5.35. The molecular weight excluding hydrogens is 226 g/mol. The highest BCUT2D eigenvalue weighted by Crippen LogP contribution is 2.12. The summed E-state index contributed by atoms with van der Waals surface area (Å²) in [4.78, 5) is 0. The molecule has 0 amide bonds. The van der Waals surface area contributed by atoms with Gasteiger partial charge in [0.2, 0.25) is 0 Å². The average Bonchev–Trinajstić information content (AvgIpc) is 2.45. The lowest BCUT2D eigenvalue weighted by Gasteiger charge is -2.10. The Labute approximate surface area is 107 Å². The Morgan fingerprint density at radius 3 is 2.67 bits per heavy atom. The molecule has 94 valence electrons. The molecule has 0 saturated carbocycles. The number of aromatic nitrogens is 2. The van der Waals surface area contributed by atoms with E-state index in [0.717, 1.165) is 19.0 Å². The topological polar surface area (TPSA) is 47.0 Å². The van der Waals surface area contributed by atoms with Crippen molar-refractivity contribution in [2.24, 2.45) is 0 Å². The standard InChI is InChI=1S/C14H17N3O/c1-2-18-11-13-7-4-3-6-12(13)10-15-14-8-5-9-16-17-14/h3-9H,2,10-11H2,1H3,(H,15,17). The van der Waals surface area contributed by atoms with Gasteiger partial charge in [0.1, 0.15) is 5.82 Å². The highest BCUT2D eigenvalue weighted by atomic mass is 16.5. The van der Waals surface area contributed by atoms with E-state index < -0.39 is 0 Å². The van der Waals surface area contributed by atoms with Gasteiger partial charge in [-0.25, -0.2) is 0 Å². The largest absolute Gasteiger partial charge is 0.377 e. The molecule has 0 bridgehead atoms. The fourth-order valence-corrected chi connectivity index (χ4v) is 1.66. The summed E-state index contributed by atoms with van der Waals surface area (Å²) < 4.78 is 5.46. The van der Waals surface area contributed by atoms with Crippen LogP contribution in [0.1, 0.15) is 18.1 Å². The van der Waals surface area contributed by atoms with Crippen LogP contribution in [0.5, 0.6) is 0 Å². The normalized spacial score (nSPS) is 10.3. The predicted octanol–water partition coefficient (Wildman–Crippen LogP) is 2.63. The molecule has 0 unspecified atom stereocenters. The molecule has 0 aliphatic carbocycles. The van der Waals surface area contributed by atoms with Crippen molar-refractivity contribution in [1.82, 2.24) is 10.2 Å². The number of nitrogens with zero attached hydrogens (tertiary/aromatic N) is 2. The monoisotopic (exact) mass is 243 g/mol. The molecular formula is C14H17N3O. The summed E-state index contributed by atoms with van der Waals surface area (Å²) in [6, 6.07) is 12.0. The van der Waals surface area contributed by atoms with E-state index in [1.807, 2.05) is 31.2 Å². The third kappa shape index (κ3) is 3.53. The van der Waals surface area contributed by atoms with Crippen LogP contribution in [0.25, 0.3) is 0 Å². The maximum atomic E-state index is 5.46. The van der Waals surface area contributed by atoms with Crippen LogP contribution in [0, 0.1) is 0 Å². The van der Waals surface area contributed by atoms with Crippen LogP contribution in [0.2, 0.25) is 0 Å². The Morgan fingerprint density at radius 2 is 1.94 bits per heavy atom. The molecule has 2 rings (SSSR count). The number of hydrogen-bond acceptors (Lipinski definition) is 4. The lowest BCUT2D eigenvalue weighted by molar-refractivity contribution is 0.133. The molecule has 18 heavy (non-hydrogen) atoms. The summed E-state index contributed by atoms with van der Waals surface area (Å²) in [7, 11) is 0. The van der Waals surface area contributed by atoms with Crippen LogP contribution >= 0.6 is 0 Å². The van der Waals surface area contributed by atoms with E-state index in [-0.39, 0.29) is 0 Å². The first-order valence-electron chi connectivity index (χ1n) is 6.06. The number of hydrogen-bond donors (Lipinski definition) is 1.